The Morgan fingerprint density at radius 2 is 2.00 bits per heavy atom. The third kappa shape index (κ3) is 5.94. The van der Waals surface area contributed by atoms with Gasteiger partial charge in [-0.3, -0.25) is 4.99 Å². The lowest BCUT2D eigenvalue weighted by Gasteiger charge is -2.37. The molecular weight excluding hydrogens is 322 g/mol. The molecule has 0 aromatic heterocycles. The van der Waals surface area contributed by atoms with Crippen molar-refractivity contribution in [1.29, 1.82) is 0 Å². The highest BCUT2D eigenvalue weighted by Gasteiger charge is 2.29. The van der Waals surface area contributed by atoms with Gasteiger partial charge in [-0.1, -0.05) is 27.7 Å². The molecule has 2 saturated heterocycles. The quantitative estimate of drug-likeness (QED) is 0.606. The maximum atomic E-state index is 11.7. The van der Waals surface area contributed by atoms with Crippen LogP contribution < -0.4 is 5.32 Å². The first-order chi connectivity index (χ1) is 11.3. The van der Waals surface area contributed by atoms with E-state index in [1.807, 2.05) is 0 Å². The van der Waals surface area contributed by atoms with Crippen LogP contribution >= 0.6 is 0 Å². The summed E-state index contributed by atoms with van der Waals surface area (Å²) in [6.45, 7) is 12.6. The normalized spacial score (nSPS) is 27.9. The number of piperidine rings is 1. The van der Waals surface area contributed by atoms with Gasteiger partial charge in [0.2, 0.25) is 0 Å². The fourth-order valence-electron chi connectivity index (χ4n) is 3.55. The fraction of sp³-hybridized carbons (Fsp3) is 0.944. The molecule has 2 atom stereocenters. The highest BCUT2D eigenvalue weighted by Crippen LogP contribution is 2.24. The molecule has 2 rings (SSSR count). The van der Waals surface area contributed by atoms with E-state index >= 15 is 0 Å². The molecule has 0 aliphatic carbocycles. The minimum absolute atomic E-state index is 0.227. The van der Waals surface area contributed by atoms with E-state index in [1.165, 1.54) is 12.8 Å². The standard InChI is InChI=1S/C18H35N3O2S/c1-14(2)10-19-18(20-11-16-7-9-24(22,23)13-16)21-8-5-6-17(12-21)15(3)4/h14-17H,5-13H2,1-4H3,(H,19,20). The molecule has 0 bridgehead atoms. The third-order valence-corrected chi connectivity index (χ3v) is 7.02. The maximum Gasteiger partial charge on any atom is 0.193 e. The summed E-state index contributed by atoms with van der Waals surface area (Å²) in [7, 11) is -2.81. The first kappa shape index (κ1) is 19.5. The fourth-order valence-corrected chi connectivity index (χ4v) is 5.41. The van der Waals surface area contributed by atoms with Crippen molar-refractivity contribution in [2.75, 3.05) is 37.7 Å². The van der Waals surface area contributed by atoms with E-state index in [9.17, 15) is 8.42 Å². The SMILES string of the molecule is CC(C)CN=C(NCC1CCS(=O)(=O)C1)N1CCCC(C(C)C)C1. The van der Waals surface area contributed by atoms with Crippen LogP contribution in [0.1, 0.15) is 47.0 Å². The summed E-state index contributed by atoms with van der Waals surface area (Å²) in [5.41, 5.74) is 0. The van der Waals surface area contributed by atoms with Crippen molar-refractivity contribution in [1.82, 2.24) is 10.2 Å². The molecule has 2 unspecified atom stereocenters. The summed E-state index contributed by atoms with van der Waals surface area (Å²) in [5.74, 6) is 3.82. The van der Waals surface area contributed by atoms with Gasteiger partial charge in [0.15, 0.2) is 15.8 Å². The second-order valence-corrected chi connectivity index (χ2v) is 10.5. The maximum absolute atomic E-state index is 11.7. The Labute approximate surface area is 148 Å². The summed E-state index contributed by atoms with van der Waals surface area (Å²) in [6.07, 6.45) is 3.29. The van der Waals surface area contributed by atoms with Gasteiger partial charge in [-0.05, 0) is 42.9 Å². The largest absolute Gasteiger partial charge is 0.356 e. The smallest absolute Gasteiger partial charge is 0.193 e. The summed E-state index contributed by atoms with van der Waals surface area (Å²) >= 11 is 0. The second-order valence-electron chi connectivity index (χ2n) is 8.30. The Balaban J connectivity index is 1.98. The average molecular weight is 358 g/mol. The van der Waals surface area contributed by atoms with Gasteiger partial charge in [-0.15, -0.1) is 0 Å². The number of hydrogen-bond donors (Lipinski definition) is 1. The number of hydrogen-bond acceptors (Lipinski definition) is 3. The van der Waals surface area contributed by atoms with Crippen molar-refractivity contribution in [3.05, 3.63) is 0 Å². The van der Waals surface area contributed by atoms with Gasteiger partial charge < -0.3 is 10.2 Å². The van der Waals surface area contributed by atoms with Crippen molar-refractivity contribution in [2.24, 2.45) is 28.7 Å². The van der Waals surface area contributed by atoms with Gasteiger partial charge >= 0.3 is 0 Å². The zero-order valence-electron chi connectivity index (χ0n) is 15.8. The molecule has 0 aromatic carbocycles. The first-order valence-corrected chi connectivity index (χ1v) is 11.3. The number of aliphatic imine (C=N–C) groups is 1. The highest BCUT2D eigenvalue weighted by molar-refractivity contribution is 7.91. The molecule has 140 valence electrons. The second kappa shape index (κ2) is 8.54. The molecule has 6 heteroatoms. The molecule has 0 spiro atoms. The van der Waals surface area contributed by atoms with Crippen LogP contribution in [0.25, 0.3) is 0 Å². The Kier molecular flexibility index (Phi) is 6.96. The number of nitrogens with zero attached hydrogens (tertiary/aromatic N) is 2. The van der Waals surface area contributed by atoms with Gasteiger partial charge in [0, 0.05) is 26.2 Å². The predicted molar refractivity (Wildman–Crippen MR) is 101 cm³/mol. The van der Waals surface area contributed by atoms with Crippen LogP contribution in [0.15, 0.2) is 4.99 Å². The monoisotopic (exact) mass is 357 g/mol. The van der Waals surface area contributed by atoms with E-state index in [-0.39, 0.29) is 5.92 Å². The Morgan fingerprint density at radius 3 is 2.58 bits per heavy atom. The zero-order valence-corrected chi connectivity index (χ0v) is 16.6. The summed E-state index contributed by atoms with van der Waals surface area (Å²) in [6, 6.07) is 0. The Bertz CT molecular complexity index is 528. The molecule has 2 heterocycles. The number of guanidine groups is 1. The van der Waals surface area contributed by atoms with E-state index in [2.05, 4.69) is 37.9 Å². The molecule has 0 saturated carbocycles. The van der Waals surface area contributed by atoms with E-state index < -0.39 is 9.84 Å². The van der Waals surface area contributed by atoms with Crippen LogP contribution in [-0.4, -0.2) is 57.0 Å². The lowest BCUT2D eigenvalue weighted by molar-refractivity contribution is 0.206. The molecular formula is C18H35N3O2S. The van der Waals surface area contributed by atoms with E-state index in [0.29, 0.717) is 23.3 Å². The number of likely N-dealkylation sites (tertiary alicyclic amines) is 1. The molecule has 2 aliphatic rings. The topological polar surface area (TPSA) is 61.8 Å². The van der Waals surface area contributed by atoms with Gasteiger partial charge in [0.1, 0.15) is 0 Å². The lowest BCUT2D eigenvalue weighted by Crippen LogP contribution is -2.48. The van der Waals surface area contributed by atoms with Crippen LogP contribution in [0.3, 0.4) is 0 Å². The van der Waals surface area contributed by atoms with Crippen LogP contribution in [0.5, 0.6) is 0 Å². The van der Waals surface area contributed by atoms with Crippen molar-refractivity contribution in [3.63, 3.8) is 0 Å². The minimum Gasteiger partial charge on any atom is -0.356 e. The molecule has 24 heavy (non-hydrogen) atoms. The molecule has 0 radical (unpaired) electrons. The summed E-state index contributed by atoms with van der Waals surface area (Å²) in [4.78, 5) is 7.21. The molecule has 0 amide bonds. The highest BCUT2D eigenvalue weighted by atomic mass is 32.2. The van der Waals surface area contributed by atoms with Crippen molar-refractivity contribution < 1.29 is 8.42 Å². The average Bonchev–Trinajstić information content (AvgIpc) is 2.86. The summed E-state index contributed by atoms with van der Waals surface area (Å²) < 4.78 is 23.3. The molecule has 5 nitrogen and oxygen atoms in total. The minimum atomic E-state index is -2.81. The van der Waals surface area contributed by atoms with Gasteiger partial charge in [-0.2, -0.15) is 0 Å². The van der Waals surface area contributed by atoms with Crippen LogP contribution in [-0.2, 0) is 9.84 Å². The van der Waals surface area contributed by atoms with Crippen LogP contribution in [0.4, 0.5) is 0 Å². The van der Waals surface area contributed by atoms with Gasteiger partial charge in [0.05, 0.1) is 11.5 Å². The molecule has 0 aromatic rings. The number of nitrogens with one attached hydrogen (secondary N) is 1. The zero-order chi connectivity index (χ0) is 17.7. The number of rotatable bonds is 5. The van der Waals surface area contributed by atoms with Crippen molar-refractivity contribution in [2.45, 2.75) is 47.0 Å². The Morgan fingerprint density at radius 1 is 1.25 bits per heavy atom. The van der Waals surface area contributed by atoms with E-state index in [1.54, 1.807) is 0 Å². The predicted octanol–water partition coefficient (Wildman–Crippen LogP) is 2.39. The van der Waals surface area contributed by atoms with Gasteiger partial charge in [-0.25, -0.2) is 8.42 Å². The number of sulfone groups is 1. The van der Waals surface area contributed by atoms with E-state index in [4.69, 9.17) is 4.99 Å². The molecule has 2 aliphatic heterocycles. The van der Waals surface area contributed by atoms with Crippen molar-refractivity contribution >= 4 is 15.8 Å². The van der Waals surface area contributed by atoms with Crippen molar-refractivity contribution in [3.8, 4) is 0 Å². The molecule has 1 N–H and O–H groups in total. The lowest BCUT2D eigenvalue weighted by atomic mass is 9.88. The third-order valence-electron chi connectivity index (χ3n) is 5.18. The van der Waals surface area contributed by atoms with Crippen LogP contribution in [0.2, 0.25) is 0 Å². The Hall–Kier alpha value is -0.780. The van der Waals surface area contributed by atoms with Gasteiger partial charge in [0.25, 0.3) is 0 Å². The van der Waals surface area contributed by atoms with E-state index in [0.717, 1.165) is 44.5 Å². The first-order valence-electron chi connectivity index (χ1n) is 9.50. The van der Waals surface area contributed by atoms with Crippen LogP contribution in [0, 0.1) is 23.7 Å². The summed E-state index contributed by atoms with van der Waals surface area (Å²) in [5, 5.41) is 3.50. The molecule has 2 fully saturated rings.